The van der Waals surface area contributed by atoms with Crippen LogP contribution in [0.3, 0.4) is 0 Å². The van der Waals surface area contributed by atoms with Crippen molar-refractivity contribution in [1.29, 1.82) is 5.26 Å². The topological polar surface area (TPSA) is 109 Å². The number of nitriles is 1. The number of amides is 1. The summed E-state index contributed by atoms with van der Waals surface area (Å²) in [6, 6.07) is 13.6. The fourth-order valence-corrected chi connectivity index (χ4v) is 5.04. The Morgan fingerprint density at radius 1 is 1.09 bits per heavy atom. The molecule has 0 radical (unpaired) electrons. The molecule has 0 aliphatic carbocycles. The first-order chi connectivity index (χ1) is 15.5. The summed E-state index contributed by atoms with van der Waals surface area (Å²) in [5.41, 5.74) is 1.43. The molecule has 0 saturated carbocycles. The molecule has 2 aromatic rings. The fraction of sp³-hybridized carbons (Fsp3) is 0.391. The van der Waals surface area contributed by atoms with Crippen LogP contribution in [0.5, 0.6) is 11.5 Å². The van der Waals surface area contributed by atoms with Gasteiger partial charge in [-0.25, -0.2) is 13.1 Å². The summed E-state index contributed by atoms with van der Waals surface area (Å²) in [6.07, 6.45) is 2.66. The zero-order valence-corrected chi connectivity index (χ0v) is 18.4. The maximum absolute atomic E-state index is 13.2. The smallest absolute Gasteiger partial charge is 0.254 e. The van der Waals surface area contributed by atoms with Gasteiger partial charge in [-0.2, -0.15) is 5.26 Å². The average molecular weight is 456 g/mol. The molecule has 0 spiro atoms. The molecule has 8 nitrogen and oxygen atoms in total. The summed E-state index contributed by atoms with van der Waals surface area (Å²) in [5, 5.41) is 8.57. The Labute approximate surface area is 187 Å². The van der Waals surface area contributed by atoms with Gasteiger partial charge in [0.25, 0.3) is 5.91 Å². The van der Waals surface area contributed by atoms with E-state index in [1.807, 2.05) is 29.2 Å². The van der Waals surface area contributed by atoms with Gasteiger partial charge in [0.2, 0.25) is 10.0 Å². The normalized spacial score (nSPS) is 18.1. The van der Waals surface area contributed by atoms with Gasteiger partial charge < -0.3 is 14.4 Å². The number of carbonyl (C=O) groups excluding carboxylic acids is 1. The monoisotopic (exact) mass is 455 g/mol. The highest BCUT2D eigenvalue weighted by molar-refractivity contribution is 7.89. The van der Waals surface area contributed by atoms with Crippen LogP contribution >= 0.6 is 0 Å². The predicted octanol–water partition coefficient (Wildman–Crippen LogP) is 3.02. The average Bonchev–Trinajstić information content (AvgIpc) is 3.17. The van der Waals surface area contributed by atoms with Crippen LogP contribution in [0.25, 0.3) is 0 Å². The number of rotatable bonds is 6. The lowest BCUT2D eigenvalue weighted by molar-refractivity contribution is 0.0735. The van der Waals surface area contributed by atoms with Crippen LogP contribution in [0.4, 0.5) is 0 Å². The minimum Gasteiger partial charge on any atom is -0.490 e. The van der Waals surface area contributed by atoms with Gasteiger partial charge in [0.15, 0.2) is 11.5 Å². The van der Waals surface area contributed by atoms with Crippen LogP contribution < -0.4 is 14.2 Å². The van der Waals surface area contributed by atoms with Gasteiger partial charge in [-0.15, -0.1) is 0 Å². The molecule has 2 heterocycles. The molecule has 0 unspecified atom stereocenters. The maximum Gasteiger partial charge on any atom is 0.254 e. The van der Waals surface area contributed by atoms with Gasteiger partial charge >= 0.3 is 0 Å². The zero-order valence-electron chi connectivity index (χ0n) is 17.6. The Morgan fingerprint density at radius 2 is 1.84 bits per heavy atom. The minimum absolute atomic E-state index is 0.0461. The van der Waals surface area contributed by atoms with Crippen molar-refractivity contribution in [3.05, 3.63) is 53.6 Å². The first-order valence-corrected chi connectivity index (χ1v) is 12.1. The molecular weight excluding hydrogens is 430 g/mol. The lowest BCUT2D eigenvalue weighted by Gasteiger charge is -2.26. The van der Waals surface area contributed by atoms with Crippen molar-refractivity contribution in [2.75, 3.05) is 26.3 Å². The SMILES string of the molecule is N#CCCNS(=O)(=O)c1ccc(C(=O)N2CCC[C@@H]2c2ccc3c(c2)OCCCO3)cc1. The van der Waals surface area contributed by atoms with E-state index in [0.717, 1.165) is 30.6 Å². The van der Waals surface area contributed by atoms with Crippen LogP contribution in [0.15, 0.2) is 47.4 Å². The number of sulfonamides is 1. The second-order valence-corrected chi connectivity index (χ2v) is 9.51. The first kappa shape index (κ1) is 22.1. The highest BCUT2D eigenvalue weighted by atomic mass is 32.2. The van der Waals surface area contributed by atoms with Crippen molar-refractivity contribution in [1.82, 2.24) is 9.62 Å². The number of ether oxygens (including phenoxy) is 2. The molecule has 4 rings (SSSR count). The second kappa shape index (κ2) is 9.59. The Bertz CT molecular complexity index is 1130. The standard InChI is InChI=1S/C23H25N3O5S/c24-11-2-12-25-32(28,29)19-8-5-17(6-9-19)23(27)26-13-1-4-20(26)18-7-10-21-22(16-18)31-15-3-14-30-21/h5-10,16,20,25H,1-4,12-15H2/t20-/m1/s1. The quantitative estimate of drug-likeness (QED) is 0.671. The molecule has 1 amide bonds. The molecule has 168 valence electrons. The third kappa shape index (κ3) is 4.71. The number of hydrogen-bond donors (Lipinski definition) is 1. The number of nitrogens with one attached hydrogen (secondary N) is 1. The Morgan fingerprint density at radius 3 is 2.59 bits per heavy atom. The van der Waals surface area contributed by atoms with Gasteiger partial charge in [0, 0.05) is 31.5 Å². The number of nitrogens with zero attached hydrogens (tertiary/aromatic N) is 2. The Hall–Kier alpha value is -3.09. The van der Waals surface area contributed by atoms with Crippen molar-refractivity contribution in [2.24, 2.45) is 0 Å². The van der Waals surface area contributed by atoms with E-state index in [9.17, 15) is 13.2 Å². The van der Waals surface area contributed by atoms with E-state index in [0.29, 0.717) is 31.1 Å². The Kier molecular flexibility index (Phi) is 6.63. The summed E-state index contributed by atoms with van der Waals surface area (Å²) in [4.78, 5) is 15.1. The van der Waals surface area contributed by atoms with Crippen molar-refractivity contribution >= 4 is 15.9 Å². The van der Waals surface area contributed by atoms with E-state index in [4.69, 9.17) is 14.7 Å². The number of likely N-dealkylation sites (tertiary alicyclic amines) is 1. The van der Waals surface area contributed by atoms with Crippen LogP contribution in [0, 0.1) is 11.3 Å². The number of benzene rings is 2. The largest absolute Gasteiger partial charge is 0.490 e. The molecule has 1 fully saturated rings. The van der Waals surface area contributed by atoms with E-state index < -0.39 is 10.0 Å². The first-order valence-electron chi connectivity index (χ1n) is 10.7. The number of carbonyl (C=O) groups is 1. The minimum atomic E-state index is -3.71. The summed E-state index contributed by atoms with van der Waals surface area (Å²) >= 11 is 0. The summed E-state index contributed by atoms with van der Waals surface area (Å²) < 4.78 is 38.4. The molecule has 2 aliphatic rings. The molecule has 1 N–H and O–H groups in total. The van der Waals surface area contributed by atoms with Crippen molar-refractivity contribution in [3.63, 3.8) is 0 Å². The lowest BCUT2D eigenvalue weighted by Crippen LogP contribution is -2.30. The fourth-order valence-electron chi connectivity index (χ4n) is 4.01. The number of fused-ring (bicyclic) bond motifs is 1. The Balaban J connectivity index is 1.50. The van der Waals surface area contributed by atoms with E-state index in [-0.39, 0.29) is 29.8 Å². The molecule has 1 saturated heterocycles. The van der Waals surface area contributed by atoms with Gasteiger partial charge in [0.05, 0.1) is 30.2 Å². The highest BCUT2D eigenvalue weighted by Gasteiger charge is 2.31. The molecule has 9 heteroatoms. The molecule has 32 heavy (non-hydrogen) atoms. The molecule has 2 aliphatic heterocycles. The summed E-state index contributed by atoms with van der Waals surface area (Å²) in [7, 11) is -3.71. The van der Waals surface area contributed by atoms with E-state index >= 15 is 0 Å². The third-order valence-electron chi connectivity index (χ3n) is 5.61. The van der Waals surface area contributed by atoms with Crippen LogP contribution in [-0.2, 0) is 10.0 Å². The predicted molar refractivity (Wildman–Crippen MR) is 117 cm³/mol. The summed E-state index contributed by atoms with van der Waals surface area (Å²) in [5.74, 6) is 1.29. The van der Waals surface area contributed by atoms with Gasteiger partial charge in [-0.3, -0.25) is 4.79 Å². The molecule has 1 atom stereocenters. The van der Waals surface area contributed by atoms with Gasteiger partial charge in [-0.05, 0) is 54.8 Å². The van der Waals surface area contributed by atoms with E-state index in [1.54, 1.807) is 0 Å². The van der Waals surface area contributed by atoms with Gasteiger partial charge in [0.1, 0.15) is 0 Å². The van der Waals surface area contributed by atoms with Crippen molar-refractivity contribution < 1.29 is 22.7 Å². The van der Waals surface area contributed by atoms with Crippen LogP contribution in [0.2, 0.25) is 0 Å². The highest BCUT2D eigenvalue weighted by Crippen LogP contribution is 2.38. The second-order valence-electron chi connectivity index (χ2n) is 7.74. The molecule has 0 aromatic heterocycles. The van der Waals surface area contributed by atoms with Crippen molar-refractivity contribution in [2.45, 2.75) is 36.6 Å². The van der Waals surface area contributed by atoms with E-state index in [1.165, 1.54) is 24.3 Å². The van der Waals surface area contributed by atoms with Crippen molar-refractivity contribution in [3.8, 4) is 17.6 Å². The van der Waals surface area contributed by atoms with E-state index in [2.05, 4.69) is 4.72 Å². The maximum atomic E-state index is 13.2. The third-order valence-corrected chi connectivity index (χ3v) is 7.09. The number of hydrogen-bond acceptors (Lipinski definition) is 6. The molecule has 2 aromatic carbocycles. The summed E-state index contributed by atoms with van der Waals surface area (Å²) in [6.45, 7) is 1.91. The van der Waals surface area contributed by atoms with Crippen LogP contribution in [0.1, 0.15) is 47.6 Å². The van der Waals surface area contributed by atoms with Gasteiger partial charge in [-0.1, -0.05) is 6.07 Å². The molecule has 0 bridgehead atoms. The molecular formula is C23H25N3O5S. The zero-order chi connectivity index (χ0) is 22.6. The lowest BCUT2D eigenvalue weighted by atomic mass is 10.0. The van der Waals surface area contributed by atoms with Crippen LogP contribution in [-0.4, -0.2) is 45.5 Å².